The molecule has 3 aromatic carbocycles. The van der Waals surface area contributed by atoms with Gasteiger partial charge in [0.15, 0.2) is 17.7 Å². The van der Waals surface area contributed by atoms with E-state index in [9.17, 15) is 10.1 Å². The van der Waals surface area contributed by atoms with Gasteiger partial charge in [0.25, 0.3) is 5.69 Å². The van der Waals surface area contributed by atoms with E-state index in [0.29, 0.717) is 5.75 Å². The fourth-order valence-electron chi connectivity index (χ4n) is 4.42. The molecule has 1 N–H and O–H groups in total. The van der Waals surface area contributed by atoms with Crippen molar-refractivity contribution in [3.05, 3.63) is 99.1 Å². The summed E-state index contributed by atoms with van der Waals surface area (Å²) in [7, 11) is 1.63. The highest BCUT2D eigenvalue weighted by Gasteiger charge is 2.44. The summed E-state index contributed by atoms with van der Waals surface area (Å²) in [6.07, 6.45) is 0.431. The van der Waals surface area contributed by atoms with Crippen LogP contribution in [0.3, 0.4) is 0 Å². The number of nitrogens with one attached hydrogen (secondary N) is 1. The first-order valence-corrected chi connectivity index (χ1v) is 10.2. The van der Waals surface area contributed by atoms with Gasteiger partial charge in [0.2, 0.25) is 0 Å². The molecule has 3 atom stereocenters. The second-order valence-electron chi connectivity index (χ2n) is 7.95. The van der Waals surface area contributed by atoms with E-state index in [1.807, 2.05) is 12.1 Å². The van der Waals surface area contributed by atoms with Gasteiger partial charge < -0.3 is 9.47 Å². The van der Waals surface area contributed by atoms with Crippen LogP contribution in [0.4, 0.5) is 5.69 Å². The summed E-state index contributed by atoms with van der Waals surface area (Å²) in [4.78, 5) is 10.7. The van der Waals surface area contributed by atoms with Gasteiger partial charge in [-0.05, 0) is 37.1 Å². The van der Waals surface area contributed by atoms with Gasteiger partial charge in [-0.15, -0.1) is 0 Å². The van der Waals surface area contributed by atoms with Crippen molar-refractivity contribution < 1.29 is 14.4 Å². The van der Waals surface area contributed by atoms with Crippen molar-refractivity contribution in [1.29, 1.82) is 0 Å². The van der Waals surface area contributed by atoms with Crippen LogP contribution >= 0.6 is 0 Å². The van der Waals surface area contributed by atoms with Crippen LogP contribution in [0.25, 0.3) is 0 Å². The number of non-ortho nitro benzene ring substituents is 1. The average molecular weight is 417 g/mol. The molecular weight excluding hydrogens is 394 g/mol. The van der Waals surface area contributed by atoms with Gasteiger partial charge in [-0.2, -0.15) is 5.01 Å². The lowest BCUT2D eigenvalue weighted by molar-refractivity contribution is -0.384. The van der Waals surface area contributed by atoms with Gasteiger partial charge in [-0.3, -0.25) is 10.1 Å². The number of fused-ring (bicyclic) bond motifs is 3. The number of hydrogen-bond donors (Lipinski definition) is 1. The first-order valence-electron chi connectivity index (χ1n) is 10.2. The third-order valence-corrected chi connectivity index (χ3v) is 6.04. The summed E-state index contributed by atoms with van der Waals surface area (Å²) in [5.41, 5.74) is 8.03. The van der Waals surface area contributed by atoms with Crippen molar-refractivity contribution in [2.24, 2.45) is 0 Å². The summed E-state index contributed by atoms with van der Waals surface area (Å²) >= 11 is 0. The summed E-state index contributed by atoms with van der Waals surface area (Å²) in [6.45, 7) is 2.08. The molecule has 158 valence electrons. The van der Waals surface area contributed by atoms with Crippen molar-refractivity contribution in [2.75, 3.05) is 7.11 Å². The van der Waals surface area contributed by atoms with Crippen LogP contribution in [-0.4, -0.2) is 17.0 Å². The third kappa shape index (κ3) is 3.41. The fraction of sp³-hybridized carbons (Fsp3) is 0.250. The Bertz CT molecular complexity index is 1110. The number of methoxy groups -OCH3 is 1. The molecule has 0 radical (unpaired) electrons. The highest BCUT2D eigenvalue weighted by Crippen LogP contribution is 2.51. The monoisotopic (exact) mass is 417 g/mol. The van der Waals surface area contributed by atoms with Gasteiger partial charge in [0.05, 0.1) is 18.1 Å². The number of aryl methyl sites for hydroxylation is 1. The summed E-state index contributed by atoms with van der Waals surface area (Å²) in [5, 5.41) is 13.2. The van der Waals surface area contributed by atoms with Gasteiger partial charge in [-0.1, -0.05) is 42.0 Å². The lowest BCUT2D eigenvalue weighted by Gasteiger charge is -2.39. The van der Waals surface area contributed by atoms with Crippen LogP contribution in [-0.2, 0) is 0 Å². The second-order valence-corrected chi connectivity index (χ2v) is 7.95. The maximum absolute atomic E-state index is 11.1. The van der Waals surface area contributed by atoms with Gasteiger partial charge >= 0.3 is 0 Å². The minimum atomic E-state index is -0.440. The standard InChI is InChI=1S/C24H23N3O4/c1-15-6-8-16(9-7-15)20-14-21-19-4-3-5-22(30-2)23(19)31-24(26(21)25-20)17-10-12-18(13-11-17)27(28)29/h3-13,20-21,24-25H,14H2,1-2H3. The maximum Gasteiger partial charge on any atom is 0.269 e. The van der Waals surface area contributed by atoms with E-state index in [0.717, 1.165) is 23.3 Å². The first-order chi connectivity index (χ1) is 15.0. The SMILES string of the molecule is COc1cccc2c1OC(c1ccc([N+](=O)[O-])cc1)N1NC(c3ccc(C)cc3)CC21. The predicted octanol–water partition coefficient (Wildman–Crippen LogP) is 5.00. The van der Waals surface area contributed by atoms with E-state index < -0.39 is 11.2 Å². The van der Waals surface area contributed by atoms with Gasteiger partial charge in [-0.25, -0.2) is 5.43 Å². The zero-order chi connectivity index (χ0) is 21.5. The molecule has 0 aromatic heterocycles. The van der Waals surface area contributed by atoms with Crippen molar-refractivity contribution in [2.45, 2.75) is 31.7 Å². The largest absolute Gasteiger partial charge is 0.493 e. The van der Waals surface area contributed by atoms with Crippen molar-refractivity contribution in [1.82, 2.24) is 10.4 Å². The fourth-order valence-corrected chi connectivity index (χ4v) is 4.42. The van der Waals surface area contributed by atoms with E-state index in [4.69, 9.17) is 9.47 Å². The average Bonchev–Trinajstić information content (AvgIpc) is 3.24. The Morgan fingerprint density at radius 2 is 1.77 bits per heavy atom. The number of para-hydroxylation sites is 1. The Morgan fingerprint density at radius 3 is 2.45 bits per heavy atom. The third-order valence-electron chi connectivity index (χ3n) is 6.04. The summed E-state index contributed by atoms with van der Waals surface area (Å²) in [6, 6.07) is 21.2. The molecule has 2 heterocycles. The molecule has 3 unspecified atom stereocenters. The van der Waals surface area contributed by atoms with E-state index >= 15 is 0 Å². The maximum atomic E-state index is 11.1. The topological polar surface area (TPSA) is 76.9 Å². The number of nitro groups is 1. The van der Waals surface area contributed by atoms with Crippen LogP contribution < -0.4 is 14.9 Å². The molecule has 0 spiro atoms. The number of nitrogens with zero attached hydrogens (tertiary/aromatic N) is 2. The molecule has 31 heavy (non-hydrogen) atoms. The number of ether oxygens (including phenoxy) is 2. The van der Waals surface area contributed by atoms with E-state index in [1.165, 1.54) is 23.3 Å². The highest BCUT2D eigenvalue weighted by atomic mass is 16.6. The Kier molecular flexibility index (Phi) is 4.84. The van der Waals surface area contributed by atoms with Gasteiger partial charge in [0.1, 0.15) is 0 Å². The van der Waals surface area contributed by atoms with Crippen molar-refractivity contribution >= 4 is 5.69 Å². The van der Waals surface area contributed by atoms with Gasteiger partial charge in [0, 0.05) is 29.3 Å². The van der Waals surface area contributed by atoms with Crippen LogP contribution in [0.2, 0.25) is 0 Å². The molecule has 7 heteroatoms. The molecule has 0 saturated carbocycles. The minimum Gasteiger partial charge on any atom is -0.493 e. The molecule has 1 saturated heterocycles. The molecule has 2 aliphatic heterocycles. The summed E-state index contributed by atoms with van der Waals surface area (Å²) < 4.78 is 12.0. The Morgan fingerprint density at radius 1 is 1.06 bits per heavy atom. The molecule has 0 bridgehead atoms. The zero-order valence-corrected chi connectivity index (χ0v) is 17.3. The Labute approximate surface area is 180 Å². The number of nitro benzene ring substituents is 1. The molecule has 3 aromatic rings. The molecule has 2 aliphatic rings. The van der Waals surface area contributed by atoms with Crippen molar-refractivity contribution in [3.8, 4) is 11.5 Å². The predicted molar refractivity (Wildman–Crippen MR) is 116 cm³/mol. The minimum absolute atomic E-state index is 0.0565. The van der Waals surface area contributed by atoms with Crippen molar-refractivity contribution in [3.63, 3.8) is 0 Å². The molecule has 0 amide bonds. The van der Waals surface area contributed by atoms with E-state index in [-0.39, 0.29) is 17.8 Å². The highest BCUT2D eigenvalue weighted by molar-refractivity contribution is 5.50. The van der Waals surface area contributed by atoms with Crippen LogP contribution in [0.5, 0.6) is 11.5 Å². The number of rotatable bonds is 4. The first kappa shape index (κ1) is 19.5. The molecule has 5 rings (SSSR count). The normalized spacial score (nSPS) is 22.3. The molecule has 1 fully saturated rings. The van der Waals surface area contributed by atoms with E-state index in [1.54, 1.807) is 19.2 Å². The van der Waals surface area contributed by atoms with Crippen LogP contribution in [0.1, 0.15) is 47.0 Å². The zero-order valence-electron chi connectivity index (χ0n) is 17.3. The molecule has 0 aliphatic carbocycles. The molecule has 7 nitrogen and oxygen atoms in total. The Hall–Kier alpha value is -3.42. The second kappa shape index (κ2) is 7.68. The number of benzene rings is 3. The molecular formula is C24H23N3O4. The smallest absolute Gasteiger partial charge is 0.269 e. The lowest BCUT2D eigenvalue weighted by Crippen LogP contribution is -2.42. The quantitative estimate of drug-likeness (QED) is 0.476. The number of hydrazine groups is 1. The van der Waals surface area contributed by atoms with E-state index in [2.05, 4.69) is 47.7 Å². The Balaban J connectivity index is 1.55. The van der Waals surface area contributed by atoms with Crippen LogP contribution in [0.15, 0.2) is 66.7 Å². The summed E-state index contributed by atoms with van der Waals surface area (Å²) in [5.74, 6) is 1.41. The number of hydrogen-bond acceptors (Lipinski definition) is 6. The lowest BCUT2D eigenvalue weighted by atomic mass is 9.94. The van der Waals surface area contributed by atoms with Crippen LogP contribution in [0, 0.1) is 17.0 Å².